The van der Waals surface area contributed by atoms with Crippen molar-refractivity contribution >= 4 is 29.9 Å². The van der Waals surface area contributed by atoms with Crippen LogP contribution in [0.1, 0.15) is 44.6 Å². The van der Waals surface area contributed by atoms with E-state index in [-0.39, 0.29) is 35.6 Å². The second kappa shape index (κ2) is 8.70. The molecular formula is C18H27IN6O. The summed E-state index contributed by atoms with van der Waals surface area (Å²) in [4.78, 5) is 4.35. The molecule has 0 amide bonds. The van der Waals surface area contributed by atoms with Crippen LogP contribution in [-0.2, 0) is 13.1 Å². The number of aromatic nitrogens is 3. The summed E-state index contributed by atoms with van der Waals surface area (Å²) in [5.74, 6) is 2.55. The average molecular weight is 470 g/mol. The fourth-order valence-corrected chi connectivity index (χ4v) is 3.13. The van der Waals surface area contributed by atoms with Crippen molar-refractivity contribution in [1.29, 1.82) is 0 Å². The minimum Gasteiger partial charge on any atom is -0.487 e. The van der Waals surface area contributed by atoms with Gasteiger partial charge in [-0.3, -0.25) is 4.99 Å². The molecule has 142 valence electrons. The van der Waals surface area contributed by atoms with Gasteiger partial charge < -0.3 is 19.9 Å². The zero-order valence-electron chi connectivity index (χ0n) is 15.7. The summed E-state index contributed by atoms with van der Waals surface area (Å²) < 4.78 is 8.10. The van der Waals surface area contributed by atoms with Gasteiger partial charge in [0, 0.05) is 25.6 Å². The lowest BCUT2D eigenvalue weighted by Crippen LogP contribution is -2.45. The van der Waals surface area contributed by atoms with Gasteiger partial charge in [0.15, 0.2) is 11.8 Å². The maximum atomic E-state index is 6.09. The van der Waals surface area contributed by atoms with E-state index >= 15 is 0 Å². The Hall–Kier alpha value is -1.84. The number of para-hydroxylation sites is 1. The number of benzene rings is 1. The standard InChI is InChI=1S/C18H26N6O.HI/c1-5-24-12-21-23-16(24)11-20-17(19-4)22-14-10-18(2,3)25-15-9-7-6-8-13(14)15;/h6-9,12,14H,5,10-11H2,1-4H3,(H2,19,20,22);1H. The first-order valence-corrected chi connectivity index (χ1v) is 8.64. The van der Waals surface area contributed by atoms with Crippen LogP contribution < -0.4 is 15.4 Å². The van der Waals surface area contributed by atoms with Crippen LogP contribution in [0.2, 0.25) is 0 Å². The molecule has 0 spiro atoms. The predicted molar refractivity (Wildman–Crippen MR) is 113 cm³/mol. The van der Waals surface area contributed by atoms with Gasteiger partial charge in [-0.2, -0.15) is 0 Å². The van der Waals surface area contributed by atoms with Gasteiger partial charge in [0.05, 0.1) is 12.6 Å². The van der Waals surface area contributed by atoms with E-state index < -0.39 is 0 Å². The minimum atomic E-state index is -0.229. The third kappa shape index (κ3) is 4.66. The van der Waals surface area contributed by atoms with E-state index in [1.807, 2.05) is 22.8 Å². The van der Waals surface area contributed by atoms with Crippen LogP contribution in [0.4, 0.5) is 0 Å². The second-order valence-electron chi connectivity index (χ2n) is 6.76. The van der Waals surface area contributed by atoms with Gasteiger partial charge in [0.1, 0.15) is 17.7 Å². The molecule has 1 unspecified atom stereocenters. The van der Waals surface area contributed by atoms with E-state index in [1.54, 1.807) is 13.4 Å². The molecule has 0 fully saturated rings. The van der Waals surface area contributed by atoms with E-state index in [9.17, 15) is 0 Å². The zero-order chi connectivity index (χ0) is 17.9. The fraction of sp³-hybridized carbons (Fsp3) is 0.500. The summed E-state index contributed by atoms with van der Waals surface area (Å²) in [6.45, 7) is 7.70. The molecule has 26 heavy (non-hydrogen) atoms. The Morgan fingerprint density at radius 3 is 2.88 bits per heavy atom. The van der Waals surface area contributed by atoms with Crippen molar-refractivity contribution in [2.75, 3.05) is 7.05 Å². The lowest BCUT2D eigenvalue weighted by molar-refractivity contribution is 0.0694. The molecular weight excluding hydrogens is 443 g/mol. The SMILES string of the molecule is CCn1cnnc1CNC(=NC)NC1CC(C)(C)Oc2ccccc21.I. The molecule has 0 radical (unpaired) electrons. The molecule has 2 heterocycles. The molecule has 1 aliphatic rings. The first-order valence-electron chi connectivity index (χ1n) is 8.64. The number of nitrogens with zero attached hydrogens (tertiary/aromatic N) is 4. The van der Waals surface area contributed by atoms with Crippen LogP contribution in [0.25, 0.3) is 0 Å². The lowest BCUT2D eigenvalue weighted by Gasteiger charge is -2.38. The number of halogens is 1. The van der Waals surface area contributed by atoms with Crippen LogP contribution in [0.5, 0.6) is 5.75 Å². The van der Waals surface area contributed by atoms with E-state index in [2.05, 4.69) is 52.7 Å². The highest BCUT2D eigenvalue weighted by Gasteiger charge is 2.33. The Labute approximate surface area is 171 Å². The fourth-order valence-electron chi connectivity index (χ4n) is 3.13. The van der Waals surface area contributed by atoms with Crippen molar-refractivity contribution in [2.24, 2.45) is 4.99 Å². The van der Waals surface area contributed by atoms with Crippen LogP contribution in [0, 0.1) is 0 Å². The molecule has 1 aromatic carbocycles. The number of guanidine groups is 1. The predicted octanol–water partition coefficient (Wildman–Crippen LogP) is 2.88. The van der Waals surface area contributed by atoms with Gasteiger partial charge >= 0.3 is 0 Å². The Balaban J connectivity index is 0.00000243. The number of nitrogens with one attached hydrogen (secondary N) is 2. The van der Waals surface area contributed by atoms with Crippen LogP contribution >= 0.6 is 24.0 Å². The number of aliphatic imine (C=N–C) groups is 1. The molecule has 0 saturated carbocycles. The third-order valence-corrected chi connectivity index (χ3v) is 4.36. The Bertz CT molecular complexity index is 758. The Kier molecular flexibility index (Phi) is 6.85. The van der Waals surface area contributed by atoms with Crippen LogP contribution in [0.15, 0.2) is 35.6 Å². The maximum Gasteiger partial charge on any atom is 0.191 e. The molecule has 2 aromatic rings. The van der Waals surface area contributed by atoms with Crippen molar-refractivity contribution in [3.63, 3.8) is 0 Å². The van der Waals surface area contributed by atoms with E-state index in [1.165, 1.54) is 0 Å². The number of rotatable bonds is 4. The maximum absolute atomic E-state index is 6.09. The van der Waals surface area contributed by atoms with Gasteiger partial charge in [0.25, 0.3) is 0 Å². The molecule has 2 N–H and O–H groups in total. The first kappa shape index (κ1) is 20.5. The molecule has 0 bridgehead atoms. The topological polar surface area (TPSA) is 76.4 Å². The molecule has 7 nitrogen and oxygen atoms in total. The summed E-state index contributed by atoms with van der Waals surface area (Å²) in [7, 11) is 1.77. The molecule has 1 atom stereocenters. The molecule has 0 saturated heterocycles. The Morgan fingerprint density at radius 2 is 2.15 bits per heavy atom. The van der Waals surface area contributed by atoms with Gasteiger partial charge in [-0.25, -0.2) is 0 Å². The number of fused-ring (bicyclic) bond motifs is 1. The number of aryl methyl sites for hydroxylation is 1. The van der Waals surface area contributed by atoms with Gasteiger partial charge in [-0.15, -0.1) is 34.2 Å². The smallest absolute Gasteiger partial charge is 0.191 e. The van der Waals surface area contributed by atoms with Crippen molar-refractivity contribution in [2.45, 2.75) is 51.9 Å². The van der Waals surface area contributed by atoms with Gasteiger partial charge in [-0.05, 0) is 26.8 Å². The van der Waals surface area contributed by atoms with E-state index in [0.717, 1.165) is 36.1 Å². The monoisotopic (exact) mass is 470 g/mol. The lowest BCUT2D eigenvalue weighted by atomic mass is 9.90. The van der Waals surface area contributed by atoms with Crippen molar-refractivity contribution in [1.82, 2.24) is 25.4 Å². The largest absolute Gasteiger partial charge is 0.487 e. The third-order valence-electron chi connectivity index (χ3n) is 4.36. The highest BCUT2D eigenvalue weighted by molar-refractivity contribution is 14.0. The average Bonchev–Trinajstić information content (AvgIpc) is 3.05. The zero-order valence-corrected chi connectivity index (χ0v) is 18.0. The van der Waals surface area contributed by atoms with Crippen molar-refractivity contribution in [3.8, 4) is 5.75 Å². The molecule has 3 rings (SSSR count). The summed E-state index contributed by atoms with van der Waals surface area (Å²) in [6, 6.07) is 8.29. The summed E-state index contributed by atoms with van der Waals surface area (Å²) >= 11 is 0. The van der Waals surface area contributed by atoms with E-state index in [4.69, 9.17) is 4.74 Å². The normalized spacial score (nSPS) is 18.3. The van der Waals surface area contributed by atoms with Gasteiger partial charge in [0.2, 0.25) is 0 Å². The molecule has 1 aromatic heterocycles. The van der Waals surface area contributed by atoms with Crippen LogP contribution in [-0.4, -0.2) is 33.4 Å². The summed E-state index contributed by atoms with van der Waals surface area (Å²) in [5.41, 5.74) is 0.925. The quantitative estimate of drug-likeness (QED) is 0.409. The molecule has 8 heteroatoms. The van der Waals surface area contributed by atoms with E-state index in [0.29, 0.717) is 6.54 Å². The van der Waals surface area contributed by atoms with Crippen molar-refractivity contribution < 1.29 is 4.74 Å². The minimum absolute atomic E-state index is 0. The van der Waals surface area contributed by atoms with Crippen molar-refractivity contribution in [3.05, 3.63) is 42.0 Å². The van der Waals surface area contributed by atoms with Crippen LogP contribution in [0.3, 0.4) is 0 Å². The number of ether oxygens (including phenoxy) is 1. The summed E-state index contributed by atoms with van der Waals surface area (Å²) in [5, 5.41) is 14.9. The second-order valence-corrected chi connectivity index (χ2v) is 6.76. The molecule has 0 aliphatic carbocycles. The first-order chi connectivity index (χ1) is 12.0. The highest BCUT2D eigenvalue weighted by Crippen LogP contribution is 2.39. The van der Waals surface area contributed by atoms with Gasteiger partial charge in [-0.1, -0.05) is 18.2 Å². The Morgan fingerprint density at radius 1 is 1.38 bits per heavy atom. The molecule has 1 aliphatic heterocycles. The number of hydrogen-bond donors (Lipinski definition) is 2. The summed E-state index contributed by atoms with van der Waals surface area (Å²) in [6.07, 6.45) is 2.60. The highest BCUT2D eigenvalue weighted by atomic mass is 127. The number of hydrogen-bond acceptors (Lipinski definition) is 4.